The molecule has 0 saturated heterocycles. The molecule has 0 radical (unpaired) electrons. The Labute approximate surface area is 174 Å². The molecule has 1 N–H and O–H groups in total. The molecule has 0 aliphatic rings. The minimum Gasteiger partial charge on any atom is -0.348 e. The van der Waals surface area contributed by atoms with Crippen molar-refractivity contribution in [1.29, 1.82) is 0 Å². The van der Waals surface area contributed by atoms with Gasteiger partial charge in [0, 0.05) is 29.2 Å². The number of nitrogens with zero attached hydrogens (tertiary/aromatic N) is 3. The Bertz CT molecular complexity index is 944. The van der Waals surface area contributed by atoms with E-state index < -0.39 is 0 Å². The molecule has 28 heavy (non-hydrogen) atoms. The van der Waals surface area contributed by atoms with Crippen LogP contribution in [0.3, 0.4) is 0 Å². The van der Waals surface area contributed by atoms with Gasteiger partial charge in [-0.2, -0.15) is 0 Å². The van der Waals surface area contributed by atoms with Crippen molar-refractivity contribution in [2.45, 2.75) is 51.4 Å². The number of aromatic nitrogens is 3. The highest BCUT2D eigenvalue weighted by molar-refractivity contribution is 8.01. The molecule has 7 heteroatoms. The van der Waals surface area contributed by atoms with Gasteiger partial charge in [0.1, 0.15) is 0 Å². The molecule has 0 spiro atoms. The molecular weight excluding hydrogens is 388 g/mol. The number of carbonyl (C=O) groups is 1. The van der Waals surface area contributed by atoms with Gasteiger partial charge in [-0.3, -0.25) is 4.79 Å². The number of hydrogen-bond acceptors (Lipinski definition) is 6. The summed E-state index contributed by atoms with van der Waals surface area (Å²) >= 11 is 2.91. The van der Waals surface area contributed by atoms with Crippen LogP contribution in [0.5, 0.6) is 0 Å². The molecule has 0 aliphatic heterocycles. The number of hydrogen-bond donors (Lipinski definition) is 1. The molecule has 1 aromatic carbocycles. The van der Waals surface area contributed by atoms with Gasteiger partial charge in [-0.25, -0.2) is 0 Å². The molecule has 3 rings (SSSR count). The molecule has 5 nitrogen and oxygen atoms in total. The van der Waals surface area contributed by atoms with E-state index in [1.165, 1.54) is 28.7 Å². The Morgan fingerprint density at radius 2 is 1.93 bits per heavy atom. The second-order valence-corrected chi connectivity index (χ2v) is 8.90. The fraction of sp³-hybridized carbons (Fsp3) is 0.381. The van der Waals surface area contributed by atoms with Crippen LogP contribution >= 0.6 is 23.1 Å². The molecule has 0 bridgehead atoms. The predicted molar refractivity (Wildman–Crippen MR) is 118 cm³/mol. The third kappa shape index (κ3) is 4.83. The average molecular weight is 415 g/mol. The summed E-state index contributed by atoms with van der Waals surface area (Å²) in [5, 5.41) is 12.4. The lowest BCUT2D eigenvalue weighted by Gasteiger charge is -2.07. The largest absolute Gasteiger partial charge is 0.348 e. The van der Waals surface area contributed by atoms with E-state index in [9.17, 15) is 4.79 Å². The number of ketones is 1. The normalized spacial score (nSPS) is 11.0. The van der Waals surface area contributed by atoms with Gasteiger partial charge in [0.25, 0.3) is 0 Å². The van der Waals surface area contributed by atoms with Gasteiger partial charge >= 0.3 is 0 Å². The maximum absolute atomic E-state index is 12.7. The Hall–Kier alpha value is -2.12. The smallest absolute Gasteiger partial charge is 0.210 e. The van der Waals surface area contributed by atoms with E-state index >= 15 is 0 Å². The lowest BCUT2D eigenvalue weighted by molar-refractivity contribution is 0.102. The zero-order chi connectivity index (χ0) is 20.1. The highest BCUT2D eigenvalue weighted by Gasteiger charge is 2.16. The molecule has 148 valence electrons. The topological polar surface area (TPSA) is 59.8 Å². The lowest BCUT2D eigenvalue weighted by atomic mass is 10.1. The molecule has 2 heterocycles. The zero-order valence-corrected chi connectivity index (χ0v) is 18.4. The molecular formula is C21H26N4OS2. The van der Waals surface area contributed by atoms with Crippen molar-refractivity contribution in [2.75, 3.05) is 11.1 Å². The van der Waals surface area contributed by atoms with Crippen LogP contribution in [0.2, 0.25) is 0 Å². The molecule has 0 fully saturated rings. The highest BCUT2D eigenvalue weighted by Crippen LogP contribution is 2.29. The lowest BCUT2D eigenvalue weighted by Crippen LogP contribution is -2.06. The van der Waals surface area contributed by atoms with E-state index in [4.69, 9.17) is 0 Å². The van der Waals surface area contributed by atoms with Gasteiger partial charge in [-0.1, -0.05) is 49.1 Å². The average Bonchev–Trinajstić information content (AvgIpc) is 3.26. The Morgan fingerprint density at radius 1 is 1.18 bits per heavy atom. The standard InChI is InChI=1S/C21H26N4OS2/c1-5-11-25-14(3)12-18(15(25)4)19(26)13-27-21-24-23-20(28-21)22-17-9-7-16(6-2)8-10-17/h7-10,12H,5-6,11,13H2,1-4H3,(H,22,23). The van der Waals surface area contributed by atoms with Gasteiger partial charge in [0.2, 0.25) is 5.13 Å². The van der Waals surface area contributed by atoms with Crippen LogP contribution in [0.1, 0.15) is 47.6 Å². The van der Waals surface area contributed by atoms with E-state index in [0.29, 0.717) is 5.75 Å². The minimum absolute atomic E-state index is 0.139. The fourth-order valence-electron chi connectivity index (χ4n) is 3.12. The second-order valence-electron chi connectivity index (χ2n) is 6.70. The number of aryl methyl sites for hydroxylation is 2. The Morgan fingerprint density at radius 3 is 2.61 bits per heavy atom. The zero-order valence-electron chi connectivity index (χ0n) is 16.8. The SMILES string of the molecule is CCCn1c(C)cc(C(=O)CSc2nnc(Nc3ccc(CC)cc3)s2)c1C. The summed E-state index contributed by atoms with van der Waals surface area (Å²) in [6.45, 7) is 9.32. The summed E-state index contributed by atoms with van der Waals surface area (Å²) in [7, 11) is 0. The fourth-order valence-corrected chi connectivity index (χ4v) is 4.78. The number of anilines is 2. The summed E-state index contributed by atoms with van der Waals surface area (Å²) in [5.74, 6) is 0.510. The molecule has 0 atom stereocenters. The molecule has 3 aromatic rings. The van der Waals surface area contributed by atoms with Crippen LogP contribution in [-0.4, -0.2) is 26.3 Å². The Balaban J connectivity index is 1.59. The number of benzene rings is 1. The number of rotatable bonds is 9. The van der Waals surface area contributed by atoms with E-state index in [-0.39, 0.29) is 5.78 Å². The molecule has 2 aromatic heterocycles. The number of carbonyl (C=O) groups excluding carboxylic acids is 1. The first kappa shape index (κ1) is 20.6. The van der Waals surface area contributed by atoms with Crippen LogP contribution in [-0.2, 0) is 13.0 Å². The van der Waals surface area contributed by atoms with Gasteiger partial charge < -0.3 is 9.88 Å². The minimum atomic E-state index is 0.139. The molecule has 0 saturated carbocycles. The van der Waals surface area contributed by atoms with Gasteiger partial charge in [0.05, 0.1) is 5.75 Å². The summed E-state index contributed by atoms with van der Waals surface area (Å²) in [6.07, 6.45) is 2.08. The summed E-state index contributed by atoms with van der Waals surface area (Å²) in [6, 6.07) is 10.3. The first-order valence-electron chi connectivity index (χ1n) is 9.54. The third-order valence-electron chi connectivity index (χ3n) is 4.67. The van der Waals surface area contributed by atoms with E-state index in [0.717, 1.165) is 51.5 Å². The van der Waals surface area contributed by atoms with E-state index in [1.807, 2.05) is 25.1 Å². The molecule has 0 unspecified atom stereocenters. The third-order valence-corrected chi connectivity index (χ3v) is 6.64. The first-order chi connectivity index (χ1) is 13.5. The summed E-state index contributed by atoms with van der Waals surface area (Å²) in [4.78, 5) is 12.7. The number of nitrogens with one attached hydrogen (secondary N) is 1. The number of thioether (sulfide) groups is 1. The van der Waals surface area contributed by atoms with Crippen molar-refractivity contribution < 1.29 is 4.79 Å². The summed E-state index contributed by atoms with van der Waals surface area (Å²) < 4.78 is 3.01. The van der Waals surface area contributed by atoms with Crippen molar-refractivity contribution in [2.24, 2.45) is 0 Å². The summed E-state index contributed by atoms with van der Waals surface area (Å²) in [5.41, 5.74) is 5.31. The van der Waals surface area contributed by atoms with Crippen molar-refractivity contribution in [1.82, 2.24) is 14.8 Å². The number of Topliss-reactive ketones (excluding diaryl/α,β-unsaturated/α-hetero) is 1. The van der Waals surface area contributed by atoms with Crippen LogP contribution in [0, 0.1) is 13.8 Å². The maximum Gasteiger partial charge on any atom is 0.210 e. The maximum atomic E-state index is 12.7. The van der Waals surface area contributed by atoms with Crippen molar-refractivity contribution in [3.63, 3.8) is 0 Å². The molecule has 0 aliphatic carbocycles. The Kier molecular flexibility index (Phi) is 6.91. The predicted octanol–water partition coefficient (Wildman–Crippen LogP) is 5.65. The van der Waals surface area contributed by atoms with Crippen molar-refractivity contribution in [3.8, 4) is 0 Å². The second kappa shape index (κ2) is 9.39. The van der Waals surface area contributed by atoms with Crippen molar-refractivity contribution in [3.05, 3.63) is 52.8 Å². The van der Waals surface area contributed by atoms with E-state index in [2.05, 4.69) is 53.0 Å². The first-order valence-corrected chi connectivity index (χ1v) is 11.3. The van der Waals surface area contributed by atoms with Crippen molar-refractivity contribution >= 4 is 39.7 Å². The highest BCUT2D eigenvalue weighted by atomic mass is 32.2. The monoisotopic (exact) mass is 414 g/mol. The van der Waals surface area contributed by atoms with Crippen LogP contribution in [0.25, 0.3) is 0 Å². The van der Waals surface area contributed by atoms with Gasteiger partial charge in [-0.15, -0.1) is 10.2 Å². The van der Waals surface area contributed by atoms with Gasteiger partial charge in [-0.05, 0) is 50.5 Å². The van der Waals surface area contributed by atoms with Crippen LogP contribution in [0.4, 0.5) is 10.8 Å². The van der Waals surface area contributed by atoms with Crippen LogP contribution in [0.15, 0.2) is 34.7 Å². The van der Waals surface area contributed by atoms with Crippen LogP contribution < -0.4 is 5.32 Å². The van der Waals surface area contributed by atoms with E-state index in [1.54, 1.807) is 0 Å². The quantitative estimate of drug-likeness (QED) is 0.362. The molecule has 0 amide bonds. The van der Waals surface area contributed by atoms with Gasteiger partial charge in [0.15, 0.2) is 10.1 Å².